The van der Waals surface area contributed by atoms with Crippen LogP contribution in [0.5, 0.6) is 0 Å². The van der Waals surface area contributed by atoms with Gasteiger partial charge in [0.2, 0.25) is 0 Å². The van der Waals surface area contributed by atoms with Crippen LogP contribution in [0.4, 0.5) is 0 Å². The lowest BCUT2D eigenvalue weighted by atomic mass is 9.88. The minimum Gasteiger partial charge on any atom is -0.389 e. The Balaban J connectivity index is 2.08. The molecular weight excluding hydrogens is 136 g/mol. The van der Waals surface area contributed by atoms with Crippen molar-refractivity contribution >= 4 is 0 Å². The SMILES string of the molecule is C=CC(O)C1CC2C=CC1C2. The molecule has 2 aliphatic rings. The molecule has 1 heteroatoms. The van der Waals surface area contributed by atoms with Crippen LogP contribution in [0.1, 0.15) is 12.8 Å². The zero-order valence-electron chi connectivity index (χ0n) is 6.61. The van der Waals surface area contributed by atoms with Crippen molar-refractivity contribution in [2.24, 2.45) is 17.8 Å². The van der Waals surface area contributed by atoms with E-state index in [1.807, 2.05) is 0 Å². The Labute approximate surface area is 67.4 Å². The summed E-state index contributed by atoms with van der Waals surface area (Å²) in [5.74, 6) is 1.84. The summed E-state index contributed by atoms with van der Waals surface area (Å²) in [7, 11) is 0. The van der Waals surface area contributed by atoms with Gasteiger partial charge in [0.05, 0.1) is 6.10 Å². The third-order valence-electron chi connectivity index (χ3n) is 3.01. The van der Waals surface area contributed by atoms with Gasteiger partial charge in [0.15, 0.2) is 0 Å². The van der Waals surface area contributed by atoms with E-state index in [0.29, 0.717) is 11.8 Å². The highest BCUT2D eigenvalue weighted by Gasteiger charge is 2.38. The second-order valence-electron chi connectivity index (χ2n) is 3.67. The Morgan fingerprint density at radius 3 is 2.73 bits per heavy atom. The third kappa shape index (κ3) is 1.04. The summed E-state index contributed by atoms with van der Waals surface area (Å²) in [5, 5.41) is 9.53. The Morgan fingerprint density at radius 1 is 1.45 bits per heavy atom. The molecule has 4 unspecified atom stereocenters. The molecule has 1 saturated carbocycles. The first-order chi connectivity index (χ1) is 5.31. The summed E-state index contributed by atoms with van der Waals surface area (Å²) >= 11 is 0. The molecular formula is C10H14O. The van der Waals surface area contributed by atoms with Crippen molar-refractivity contribution in [3.63, 3.8) is 0 Å². The fraction of sp³-hybridized carbons (Fsp3) is 0.600. The van der Waals surface area contributed by atoms with Gasteiger partial charge in [-0.2, -0.15) is 0 Å². The Morgan fingerprint density at radius 2 is 2.27 bits per heavy atom. The minimum absolute atomic E-state index is 0.282. The minimum atomic E-state index is -0.282. The highest BCUT2D eigenvalue weighted by atomic mass is 16.3. The molecule has 1 fully saturated rings. The average molecular weight is 150 g/mol. The Bertz CT molecular complexity index is 195. The maximum Gasteiger partial charge on any atom is 0.0752 e. The molecule has 1 nitrogen and oxygen atoms in total. The summed E-state index contributed by atoms with van der Waals surface area (Å²) < 4.78 is 0. The van der Waals surface area contributed by atoms with Crippen molar-refractivity contribution < 1.29 is 5.11 Å². The smallest absolute Gasteiger partial charge is 0.0752 e. The lowest BCUT2D eigenvalue weighted by Gasteiger charge is -2.21. The maximum atomic E-state index is 9.53. The molecule has 2 rings (SSSR count). The van der Waals surface area contributed by atoms with Gasteiger partial charge in [0.1, 0.15) is 0 Å². The van der Waals surface area contributed by atoms with Gasteiger partial charge in [0.25, 0.3) is 0 Å². The second kappa shape index (κ2) is 2.49. The van der Waals surface area contributed by atoms with E-state index in [1.54, 1.807) is 6.08 Å². The van der Waals surface area contributed by atoms with Crippen molar-refractivity contribution in [2.75, 3.05) is 0 Å². The molecule has 1 N–H and O–H groups in total. The number of aliphatic hydroxyl groups excluding tert-OH is 1. The molecule has 0 aliphatic heterocycles. The lowest BCUT2D eigenvalue weighted by molar-refractivity contribution is 0.136. The predicted octanol–water partition coefficient (Wildman–Crippen LogP) is 1.75. The molecule has 0 amide bonds. The Hall–Kier alpha value is -0.560. The number of hydrogen-bond acceptors (Lipinski definition) is 1. The van der Waals surface area contributed by atoms with Crippen LogP contribution in [0.25, 0.3) is 0 Å². The molecule has 0 spiro atoms. The maximum absolute atomic E-state index is 9.53. The van der Waals surface area contributed by atoms with E-state index in [9.17, 15) is 5.11 Å². The van der Waals surface area contributed by atoms with Crippen LogP contribution in [0.15, 0.2) is 24.8 Å². The van der Waals surface area contributed by atoms with Gasteiger partial charge in [-0.25, -0.2) is 0 Å². The summed E-state index contributed by atoms with van der Waals surface area (Å²) in [5.41, 5.74) is 0. The number of aliphatic hydroxyl groups is 1. The molecule has 60 valence electrons. The first-order valence-corrected chi connectivity index (χ1v) is 4.30. The van der Waals surface area contributed by atoms with Crippen LogP contribution >= 0.6 is 0 Å². The molecule has 0 radical (unpaired) electrons. The first kappa shape index (κ1) is 7.11. The summed E-state index contributed by atoms with van der Waals surface area (Å²) in [6.07, 6.45) is 8.35. The molecule has 11 heavy (non-hydrogen) atoms. The molecule has 4 atom stereocenters. The average Bonchev–Trinajstić information content (AvgIpc) is 2.62. The summed E-state index contributed by atoms with van der Waals surface area (Å²) in [4.78, 5) is 0. The topological polar surface area (TPSA) is 20.2 Å². The van der Waals surface area contributed by atoms with Crippen LogP contribution in [0.3, 0.4) is 0 Å². The monoisotopic (exact) mass is 150 g/mol. The molecule has 0 aromatic heterocycles. The van der Waals surface area contributed by atoms with E-state index in [1.165, 1.54) is 6.42 Å². The molecule has 0 heterocycles. The highest BCUT2D eigenvalue weighted by molar-refractivity contribution is 5.12. The second-order valence-corrected chi connectivity index (χ2v) is 3.67. The molecule has 0 aromatic rings. The number of hydrogen-bond donors (Lipinski definition) is 1. The molecule has 0 aromatic carbocycles. The quantitative estimate of drug-likeness (QED) is 0.594. The van der Waals surface area contributed by atoms with Crippen molar-refractivity contribution in [1.82, 2.24) is 0 Å². The van der Waals surface area contributed by atoms with Gasteiger partial charge in [-0.15, -0.1) is 6.58 Å². The zero-order valence-corrected chi connectivity index (χ0v) is 6.61. The van der Waals surface area contributed by atoms with Gasteiger partial charge in [0, 0.05) is 0 Å². The van der Waals surface area contributed by atoms with Crippen molar-refractivity contribution in [1.29, 1.82) is 0 Å². The van der Waals surface area contributed by atoms with Crippen LogP contribution in [0, 0.1) is 17.8 Å². The number of fused-ring (bicyclic) bond motifs is 2. The summed E-state index contributed by atoms with van der Waals surface area (Å²) in [6.45, 7) is 3.61. The Kier molecular flexibility index (Phi) is 1.61. The van der Waals surface area contributed by atoms with Crippen LogP contribution in [-0.4, -0.2) is 11.2 Å². The van der Waals surface area contributed by atoms with Crippen LogP contribution in [-0.2, 0) is 0 Å². The first-order valence-electron chi connectivity index (χ1n) is 4.30. The van der Waals surface area contributed by atoms with E-state index in [4.69, 9.17) is 0 Å². The van der Waals surface area contributed by atoms with E-state index >= 15 is 0 Å². The molecule has 2 bridgehead atoms. The predicted molar refractivity (Wildman–Crippen MR) is 45.0 cm³/mol. The normalized spacial score (nSPS) is 42.8. The van der Waals surface area contributed by atoms with Crippen LogP contribution < -0.4 is 0 Å². The highest BCUT2D eigenvalue weighted by Crippen LogP contribution is 2.44. The van der Waals surface area contributed by atoms with Gasteiger partial charge in [-0.05, 0) is 30.6 Å². The standard InChI is InChI=1S/C10H14O/c1-2-10(11)9-6-7-3-4-8(9)5-7/h2-4,7-11H,1,5-6H2. The third-order valence-corrected chi connectivity index (χ3v) is 3.01. The van der Waals surface area contributed by atoms with Crippen molar-refractivity contribution in [2.45, 2.75) is 18.9 Å². The van der Waals surface area contributed by atoms with Crippen LogP contribution in [0.2, 0.25) is 0 Å². The van der Waals surface area contributed by atoms with E-state index < -0.39 is 0 Å². The molecule has 2 aliphatic carbocycles. The van der Waals surface area contributed by atoms with Crippen molar-refractivity contribution in [3.8, 4) is 0 Å². The van der Waals surface area contributed by atoms with Crippen molar-refractivity contribution in [3.05, 3.63) is 24.8 Å². The van der Waals surface area contributed by atoms with Gasteiger partial charge >= 0.3 is 0 Å². The van der Waals surface area contributed by atoms with Gasteiger partial charge in [-0.1, -0.05) is 18.2 Å². The zero-order chi connectivity index (χ0) is 7.84. The fourth-order valence-corrected chi connectivity index (χ4v) is 2.39. The lowest BCUT2D eigenvalue weighted by Crippen LogP contribution is -2.21. The summed E-state index contributed by atoms with van der Waals surface area (Å²) in [6, 6.07) is 0. The largest absolute Gasteiger partial charge is 0.389 e. The number of rotatable bonds is 2. The molecule has 0 saturated heterocycles. The van der Waals surface area contributed by atoms with E-state index in [-0.39, 0.29) is 6.10 Å². The van der Waals surface area contributed by atoms with E-state index in [2.05, 4.69) is 18.7 Å². The van der Waals surface area contributed by atoms with Gasteiger partial charge < -0.3 is 5.11 Å². The van der Waals surface area contributed by atoms with Gasteiger partial charge in [-0.3, -0.25) is 0 Å². The fourth-order valence-electron chi connectivity index (χ4n) is 2.39. The van der Waals surface area contributed by atoms with E-state index in [0.717, 1.165) is 12.3 Å². The number of allylic oxidation sites excluding steroid dienone is 2.